The third-order valence-corrected chi connectivity index (χ3v) is 7.23. The van der Waals surface area contributed by atoms with Gasteiger partial charge in [0, 0.05) is 31.7 Å². The lowest BCUT2D eigenvalue weighted by molar-refractivity contribution is -0.189. The van der Waals surface area contributed by atoms with E-state index in [4.69, 9.17) is 4.74 Å². The molecule has 0 aromatic heterocycles. The molecule has 0 unspecified atom stereocenters. The van der Waals surface area contributed by atoms with Gasteiger partial charge < -0.3 is 19.6 Å². The predicted molar refractivity (Wildman–Crippen MR) is 111 cm³/mol. The Labute approximate surface area is 185 Å². The van der Waals surface area contributed by atoms with Gasteiger partial charge in [0.2, 0.25) is 11.8 Å². The molecule has 0 bridgehead atoms. The van der Waals surface area contributed by atoms with E-state index >= 15 is 0 Å². The summed E-state index contributed by atoms with van der Waals surface area (Å²) in [5.41, 5.74) is -0.851. The largest absolute Gasteiger partial charge is 0.481 e. The van der Waals surface area contributed by atoms with Crippen molar-refractivity contribution in [3.05, 3.63) is 24.3 Å². The highest BCUT2D eigenvalue weighted by atomic mass is 19.4. The van der Waals surface area contributed by atoms with Gasteiger partial charge in [-0.15, -0.1) is 0 Å². The van der Waals surface area contributed by atoms with Gasteiger partial charge in [0.15, 0.2) is 6.10 Å². The second-order valence-corrected chi connectivity index (χ2v) is 9.43. The number of alkyl halides is 3. The molecule has 2 aliphatic heterocycles. The Morgan fingerprint density at radius 1 is 1.06 bits per heavy atom. The predicted octanol–water partition coefficient (Wildman–Crippen LogP) is 3.67. The first kappa shape index (κ1) is 22.9. The lowest BCUT2D eigenvalue weighted by atomic mass is 9.67. The van der Waals surface area contributed by atoms with Crippen molar-refractivity contribution < 1.29 is 32.6 Å². The summed E-state index contributed by atoms with van der Waals surface area (Å²) in [7, 11) is 0. The fraction of sp³-hybridized carbons (Fsp3) is 0.652. The van der Waals surface area contributed by atoms with Crippen molar-refractivity contribution in [3.8, 4) is 5.75 Å². The Morgan fingerprint density at radius 3 is 2.28 bits per heavy atom. The van der Waals surface area contributed by atoms with Gasteiger partial charge in [0.1, 0.15) is 5.75 Å². The molecule has 3 fully saturated rings. The molecule has 9 heteroatoms. The summed E-state index contributed by atoms with van der Waals surface area (Å²) in [5.74, 6) is 0.173. The SMILES string of the molecule is C[C@@H](Oc1ccc(N2CC[C@]3(CC[C@@](O)(CN4CCCC4=O)CC3)C2=O)cc1)C(F)(F)F. The zero-order chi connectivity index (χ0) is 23.1. The summed E-state index contributed by atoms with van der Waals surface area (Å²) in [4.78, 5) is 28.6. The Morgan fingerprint density at radius 2 is 1.72 bits per heavy atom. The van der Waals surface area contributed by atoms with Gasteiger partial charge in [-0.2, -0.15) is 13.2 Å². The molecule has 1 N–H and O–H groups in total. The van der Waals surface area contributed by atoms with Gasteiger partial charge in [-0.1, -0.05) is 0 Å². The van der Waals surface area contributed by atoms with E-state index in [1.807, 2.05) is 0 Å². The molecule has 3 aliphatic rings. The minimum absolute atomic E-state index is 0.00544. The third kappa shape index (κ3) is 4.44. The molecule has 0 radical (unpaired) electrons. The average molecular weight is 454 g/mol. The maximum Gasteiger partial charge on any atom is 0.425 e. The number of benzene rings is 1. The topological polar surface area (TPSA) is 70.1 Å². The first-order valence-corrected chi connectivity index (χ1v) is 11.2. The molecule has 176 valence electrons. The standard InChI is InChI=1S/C23H29F3N2O4/c1-16(23(24,25)26)32-18-6-4-17(5-7-18)28-14-12-21(20(28)30)8-10-22(31,11-9-21)15-27-13-2-3-19(27)29/h4-7,16,31H,2-3,8-15H2,1H3/t16-,21-,22+/m1/s1. The highest BCUT2D eigenvalue weighted by Crippen LogP contribution is 2.49. The van der Waals surface area contributed by atoms with E-state index in [2.05, 4.69) is 0 Å². The number of hydrogen-bond donors (Lipinski definition) is 1. The number of β-amino-alcohol motifs (C(OH)–C–C–N with tert-alkyl or cyclic N) is 1. The first-order chi connectivity index (χ1) is 15.0. The van der Waals surface area contributed by atoms with E-state index in [0.717, 1.165) is 13.3 Å². The maximum absolute atomic E-state index is 13.3. The van der Waals surface area contributed by atoms with Gasteiger partial charge in [-0.25, -0.2) is 0 Å². The third-order valence-electron chi connectivity index (χ3n) is 7.23. The Kier molecular flexibility index (Phi) is 5.90. The number of anilines is 1. The van der Waals surface area contributed by atoms with Crippen molar-refractivity contribution in [2.45, 2.75) is 69.8 Å². The van der Waals surface area contributed by atoms with Crippen LogP contribution >= 0.6 is 0 Å². The van der Waals surface area contributed by atoms with E-state index in [0.29, 0.717) is 63.8 Å². The number of halogens is 3. The van der Waals surface area contributed by atoms with Gasteiger partial charge in [-0.3, -0.25) is 9.59 Å². The van der Waals surface area contributed by atoms with Crippen LogP contribution in [0.25, 0.3) is 0 Å². The number of nitrogens with zero attached hydrogens (tertiary/aromatic N) is 2. The van der Waals surface area contributed by atoms with Crippen LogP contribution in [0, 0.1) is 5.41 Å². The van der Waals surface area contributed by atoms with Crippen LogP contribution in [0.5, 0.6) is 5.75 Å². The normalized spacial score (nSPS) is 29.8. The summed E-state index contributed by atoms with van der Waals surface area (Å²) >= 11 is 0. The van der Waals surface area contributed by atoms with Gasteiger partial charge >= 0.3 is 6.18 Å². The zero-order valence-electron chi connectivity index (χ0n) is 18.2. The van der Waals surface area contributed by atoms with Gasteiger partial charge in [0.05, 0.1) is 11.0 Å². The number of hydrogen-bond acceptors (Lipinski definition) is 4. The molecule has 2 heterocycles. The average Bonchev–Trinajstić information content (AvgIpc) is 3.28. The van der Waals surface area contributed by atoms with Crippen LogP contribution < -0.4 is 9.64 Å². The first-order valence-electron chi connectivity index (χ1n) is 11.2. The second kappa shape index (κ2) is 8.24. The number of ether oxygens (including phenoxy) is 1. The highest BCUT2D eigenvalue weighted by molar-refractivity contribution is 6.00. The molecule has 1 spiro atoms. The Hall–Kier alpha value is -2.29. The van der Waals surface area contributed by atoms with Crippen molar-refractivity contribution in [1.29, 1.82) is 0 Å². The van der Waals surface area contributed by atoms with Crippen LogP contribution in [0.3, 0.4) is 0 Å². The number of carbonyl (C=O) groups excluding carboxylic acids is 2. The molecule has 6 nitrogen and oxygen atoms in total. The smallest absolute Gasteiger partial charge is 0.425 e. The minimum Gasteiger partial charge on any atom is -0.481 e. The van der Waals surface area contributed by atoms with Crippen molar-refractivity contribution in [2.75, 3.05) is 24.5 Å². The maximum atomic E-state index is 13.3. The monoisotopic (exact) mass is 454 g/mol. The molecule has 1 aromatic rings. The van der Waals surface area contributed by atoms with Crippen LogP contribution in [0.4, 0.5) is 18.9 Å². The van der Waals surface area contributed by atoms with Crippen LogP contribution in [0.15, 0.2) is 24.3 Å². The van der Waals surface area contributed by atoms with Crippen molar-refractivity contribution in [1.82, 2.24) is 4.90 Å². The minimum atomic E-state index is -4.44. The summed E-state index contributed by atoms with van der Waals surface area (Å²) < 4.78 is 43.0. The highest BCUT2D eigenvalue weighted by Gasteiger charge is 2.52. The lowest BCUT2D eigenvalue weighted by Gasteiger charge is -2.42. The molecule has 1 saturated carbocycles. The number of rotatable bonds is 5. The fourth-order valence-electron chi connectivity index (χ4n) is 5.08. The van der Waals surface area contributed by atoms with Crippen LogP contribution in [-0.2, 0) is 9.59 Å². The molecule has 2 amide bonds. The van der Waals surface area contributed by atoms with E-state index in [1.54, 1.807) is 21.9 Å². The van der Waals surface area contributed by atoms with Crippen LogP contribution in [0.2, 0.25) is 0 Å². The molecule has 1 atom stereocenters. The van der Waals surface area contributed by atoms with Crippen LogP contribution in [-0.4, -0.2) is 59.3 Å². The molecule has 2 saturated heterocycles. The second-order valence-electron chi connectivity index (χ2n) is 9.43. The molecule has 4 rings (SSSR count). The van der Waals surface area contributed by atoms with Crippen molar-refractivity contribution in [2.24, 2.45) is 5.41 Å². The van der Waals surface area contributed by atoms with Gasteiger partial charge in [-0.05, 0) is 69.7 Å². The molecule has 1 aromatic carbocycles. The summed E-state index contributed by atoms with van der Waals surface area (Å²) in [6.45, 7) is 2.49. The summed E-state index contributed by atoms with van der Waals surface area (Å²) in [6, 6.07) is 6.10. The van der Waals surface area contributed by atoms with E-state index < -0.39 is 23.3 Å². The Balaban J connectivity index is 1.37. The molecular weight excluding hydrogens is 425 g/mol. The van der Waals surface area contributed by atoms with Crippen LogP contribution in [0.1, 0.15) is 51.9 Å². The zero-order valence-corrected chi connectivity index (χ0v) is 18.2. The quantitative estimate of drug-likeness (QED) is 0.737. The molecular formula is C23H29F3N2O4. The molecule has 1 aliphatic carbocycles. The summed E-state index contributed by atoms with van der Waals surface area (Å²) in [5, 5.41) is 11.0. The van der Waals surface area contributed by atoms with E-state index in [-0.39, 0.29) is 17.6 Å². The number of likely N-dealkylation sites (tertiary alicyclic amines) is 1. The number of aliphatic hydroxyl groups is 1. The Bertz CT molecular complexity index is 863. The lowest BCUT2D eigenvalue weighted by Crippen LogP contribution is -2.49. The van der Waals surface area contributed by atoms with Gasteiger partial charge in [0.25, 0.3) is 0 Å². The number of amides is 2. The molecule has 32 heavy (non-hydrogen) atoms. The van der Waals surface area contributed by atoms with Crippen molar-refractivity contribution >= 4 is 17.5 Å². The van der Waals surface area contributed by atoms with E-state index in [9.17, 15) is 27.9 Å². The van der Waals surface area contributed by atoms with E-state index in [1.165, 1.54) is 12.1 Å². The summed E-state index contributed by atoms with van der Waals surface area (Å²) in [6.07, 6.45) is -2.26. The van der Waals surface area contributed by atoms with Crippen molar-refractivity contribution in [3.63, 3.8) is 0 Å². The fourth-order valence-corrected chi connectivity index (χ4v) is 5.08. The number of carbonyl (C=O) groups is 2.